The molecule has 0 radical (unpaired) electrons. The van der Waals surface area contributed by atoms with Crippen LogP contribution in [0.5, 0.6) is 0 Å². The average molecular weight is 390 g/mol. The number of piperidine rings is 1. The van der Waals surface area contributed by atoms with Crippen LogP contribution in [0.15, 0.2) is 71.4 Å². The van der Waals surface area contributed by atoms with E-state index in [4.69, 9.17) is 4.99 Å². The van der Waals surface area contributed by atoms with Crippen molar-refractivity contribution in [3.8, 4) is 0 Å². The van der Waals surface area contributed by atoms with Crippen molar-refractivity contribution in [2.45, 2.75) is 46.2 Å². The minimum absolute atomic E-state index is 0.665. The van der Waals surface area contributed by atoms with Gasteiger partial charge >= 0.3 is 0 Å². The van der Waals surface area contributed by atoms with Crippen molar-refractivity contribution in [1.82, 2.24) is 9.80 Å². The Bertz CT molecular complexity index is 813. The Morgan fingerprint density at radius 2 is 1.72 bits per heavy atom. The van der Waals surface area contributed by atoms with E-state index in [-0.39, 0.29) is 0 Å². The number of aryl methyl sites for hydroxylation is 1. The fraction of sp³-hybridized carbons (Fsp3) is 0.423. The van der Waals surface area contributed by atoms with E-state index in [1.165, 1.54) is 35.2 Å². The fourth-order valence-electron chi connectivity index (χ4n) is 4.01. The minimum Gasteiger partial charge on any atom is -0.299 e. The number of aliphatic imine (C=N–C) groups is 1. The van der Waals surface area contributed by atoms with Gasteiger partial charge in [0.2, 0.25) is 0 Å². The maximum Gasteiger partial charge on any atom is 0.0504 e. The van der Waals surface area contributed by atoms with Gasteiger partial charge < -0.3 is 0 Å². The topological polar surface area (TPSA) is 18.8 Å². The Hall–Kier alpha value is -2.23. The SMILES string of the molecule is C/C=C(\CN1CCC(N(C)Cc2ccccc2)CC1)N=C(C)c1ccc(C)cc1. The molecule has 2 aromatic carbocycles. The zero-order valence-electron chi connectivity index (χ0n) is 18.4. The summed E-state index contributed by atoms with van der Waals surface area (Å²) in [6, 6.07) is 20.1. The van der Waals surface area contributed by atoms with Crippen LogP contribution in [-0.4, -0.2) is 48.2 Å². The molecule has 1 fully saturated rings. The van der Waals surface area contributed by atoms with Crippen LogP contribution in [0.3, 0.4) is 0 Å². The lowest BCUT2D eigenvalue weighted by Crippen LogP contribution is -2.43. The van der Waals surface area contributed by atoms with Crippen LogP contribution in [0, 0.1) is 6.92 Å². The van der Waals surface area contributed by atoms with E-state index in [0.717, 1.165) is 31.9 Å². The average Bonchev–Trinajstić information content (AvgIpc) is 2.75. The number of likely N-dealkylation sites (tertiary alicyclic amines) is 1. The highest BCUT2D eigenvalue weighted by atomic mass is 15.2. The predicted molar refractivity (Wildman–Crippen MR) is 125 cm³/mol. The maximum atomic E-state index is 4.92. The molecule has 0 unspecified atom stereocenters. The van der Waals surface area contributed by atoms with Gasteiger partial charge in [-0.05, 0) is 51.8 Å². The van der Waals surface area contributed by atoms with Crippen LogP contribution in [0.25, 0.3) is 0 Å². The van der Waals surface area contributed by atoms with E-state index < -0.39 is 0 Å². The largest absolute Gasteiger partial charge is 0.299 e. The van der Waals surface area contributed by atoms with Crippen molar-refractivity contribution in [3.63, 3.8) is 0 Å². The summed E-state index contributed by atoms with van der Waals surface area (Å²) in [4.78, 5) is 9.99. The highest BCUT2D eigenvalue weighted by Crippen LogP contribution is 2.19. The minimum atomic E-state index is 0.665. The van der Waals surface area contributed by atoms with Gasteiger partial charge in [-0.3, -0.25) is 14.8 Å². The molecule has 0 spiro atoms. The lowest BCUT2D eigenvalue weighted by molar-refractivity contribution is 0.129. The number of hydrogen-bond donors (Lipinski definition) is 0. The number of rotatable bonds is 7. The van der Waals surface area contributed by atoms with Gasteiger partial charge in [-0.25, -0.2) is 0 Å². The van der Waals surface area contributed by atoms with Crippen LogP contribution in [0.4, 0.5) is 0 Å². The zero-order valence-corrected chi connectivity index (χ0v) is 18.4. The number of benzene rings is 2. The van der Waals surface area contributed by atoms with Crippen LogP contribution >= 0.6 is 0 Å². The quantitative estimate of drug-likeness (QED) is 0.598. The van der Waals surface area contributed by atoms with E-state index in [0.29, 0.717) is 6.04 Å². The third-order valence-electron chi connectivity index (χ3n) is 5.95. The molecule has 3 rings (SSSR count). The summed E-state index contributed by atoms with van der Waals surface area (Å²) >= 11 is 0. The summed E-state index contributed by atoms with van der Waals surface area (Å²) in [7, 11) is 2.26. The van der Waals surface area contributed by atoms with Gasteiger partial charge in [-0.15, -0.1) is 0 Å². The molecule has 154 valence electrons. The Labute approximate surface area is 176 Å². The molecule has 1 aliphatic heterocycles. The Morgan fingerprint density at radius 1 is 1.07 bits per heavy atom. The molecule has 0 aliphatic carbocycles. The number of nitrogens with zero attached hydrogens (tertiary/aromatic N) is 3. The van der Waals surface area contributed by atoms with Crippen LogP contribution < -0.4 is 0 Å². The maximum absolute atomic E-state index is 4.92. The Morgan fingerprint density at radius 3 is 2.34 bits per heavy atom. The molecular formula is C26H35N3. The normalized spacial score (nSPS) is 17.1. The van der Waals surface area contributed by atoms with Gasteiger partial charge in [-0.1, -0.05) is 66.2 Å². The van der Waals surface area contributed by atoms with Crippen molar-refractivity contribution in [2.75, 3.05) is 26.7 Å². The van der Waals surface area contributed by atoms with Crippen molar-refractivity contribution < 1.29 is 0 Å². The smallest absolute Gasteiger partial charge is 0.0504 e. The summed E-state index contributed by atoms with van der Waals surface area (Å²) in [5.41, 5.74) is 6.15. The first kappa shape index (κ1) is 21.5. The Balaban J connectivity index is 1.51. The Kier molecular flexibility index (Phi) is 7.79. The lowest BCUT2D eigenvalue weighted by Gasteiger charge is -2.36. The molecule has 2 aromatic rings. The van der Waals surface area contributed by atoms with Gasteiger partial charge in [-0.2, -0.15) is 0 Å². The van der Waals surface area contributed by atoms with Crippen molar-refractivity contribution in [3.05, 3.63) is 83.1 Å². The van der Waals surface area contributed by atoms with Crippen LogP contribution in [0.1, 0.15) is 43.4 Å². The first-order chi connectivity index (χ1) is 14.0. The molecule has 0 amide bonds. The molecule has 1 aliphatic rings. The van der Waals surface area contributed by atoms with Crippen molar-refractivity contribution in [1.29, 1.82) is 0 Å². The van der Waals surface area contributed by atoms with Crippen molar-refractivity contribution in [2.24, 2.45) is 4.99 Å². The van der Waals surface area contributed by atoms with Crippen molar-refractivity contribution >= 4 is 5.71 Å². The zero-order chi connectivity index (χ0) is 20.6. The van der Waals surface area contributed by atoms with E-state index in [2.05, 4.69) is 98.3 Å². The molecule has 0 saturated carbocycles. The predicted octanol–water partition coefficient (Wildman–Crippen LogP) is 5.30. The molecule has 1 heterocycles. The van der Waals surface area contributed by atoms with E-state index in [1.807, 2.05) is 0 Å². The molecule has 3 heteroatoms. The summed E-state index contributed by atoms with van der Waals surface area (Å²) in [5.74, 6) is 0. The van der Waals surface area contributed by atoms with E-state index >= 15 is 0 Å². The van der Waals surface area contributed by atoms with Gasteiger partial charge in [0.1, 0.15) is 0 Å². The third kappa shape index (κ3) is 6.38. The summed E-state index contributed by atoms with van der Waals surface area (Å²) < 4.78 is 0. The van der Waals surface area contributed by atoms with Gasteiger partial charge in [0.05, 0.1) is 5.70 Å². The van der Waals surface area contributed by atoms with Crippen LogP contribution in [-0.2, 0) is 6.54 Å². The van der Waals surface area contributed by atoms with E-state index in [1.54, 1.807) is 0 Å². The molecule has 3 nitrogen and oxygen atoms in total. The molecule has 0 bridgehead atoms. The summed E-state index contributed by atoms with van der Waals surface area (Å²) in [6.07, 6.45) is 4.60. The molecule has 1 saturated heterocycles. The van der Waals surface area contributed by atoms with Gasteiger partial charge in [0.25, 0.3) is 0 Å². The summed E-state index contributed by atoms with van der Waals surface area (Å²) in [5, 5.41) is 0. The van der Waals surface area contributed by atoms with Gasteiger partial charge in [0, 0.05) is 37.9 Å². The molecule has 0 aromatic heterocycles. The third-order valence-corrected chi connectivity index (χ3v) is 5.95. The highest BCUT2D eigenvalue weighted by molar-refractivity contribution is 5.99. The summed E-state index contributed by atoms with van der Waals surface area (Å²) in [6.45, 7) is 10.6. The second-order valence-corrected chi connectivity index (χ2v) is 8.25. The second kappa shape index (κ2) is 10.5. The standard InChI is InChI=1S/C26H35N3/c1-5-25(27-22(3)24-13-11-21(2)12-14-24)20-29-17-15-26(16-18-29)28(4)19-23-9-7-6-8-10-23/h5-14,26H,15-20H2,1-4H3/b25-5+,27-22?. The fourth-order valence-corrected chi connectivity index (χ4v) is 4.01. The van der Waals surface area contributed by atoms with E-state index in [9.17, 15) is 0 Å². The number of hydrogen-bond acceptors (Lipinski definition) is 3. The molecule has 29 heavy (non-hydrogen) atoms. The van der Waals surface area contributed by atoms with Gasteiger partial charge in [0.15, 0.2) is 0 Å². The first-order valence-electron chi connectivity index (χ1n) is 10.8. The molecule has 0 N–H and O–H groups in total. The molecule has 0 atom stereocenters. The van der Waals surface area contributed by atoms with Crippen LogP contribution in [0.2, 0.25) is 0 Å². The number of allylic oxidation sites excluding steroid dienone is 1. The molecular weight excluding hydrogens is 354 g/mol. The lowest BCUT2D eigenvalue weighted by atomic mass is 10.0. The second-order valence-electron chi connectivity index (χ2n) is 8.25. The monoisotopic (exact) mass is 389 g/mol. The highest BCUT2D eigenvalue weighted by Gasteiger charge is 2.22. The first-order valence-corrected chi connectivity index (χ1v) is 10.8.